The first-order valence-corrected chi connectivity index (χ1v) is 9.68. The van der Waals surface area contributed by atoms with Gasteiger partial charge in [0.25, 0.3) is 0 Å². The van der Waals surface area contributed by atoms with Crippen molar-refractivity contribution >= 4 is 11.8 Å². The van der Waals surface area contributed by atoms with E-state index >= 15 is 0 Å². The Morgan fingerprint density at radius 1 is 1.12 bits per heavy atom. The van der Waals surface area contributed by atoms with Crippen molar-refractivity contribution in [3.8, 4) is 5.69 Å². The summed E-state index contributed by atoms with van der Waals surface area (Å²) in [4.78, 5) is 13.4. The molecular formula is C20H22N2O3S. The standard InChI is InChI=1S/C20H22N2O3S/c1-3-18(24-14-15-8-6-5-7-9-15)19-21-22(20(23)25-19)16-10-12-17(13-11-16)26-4-2/h5-13,18H,3-4,14H2,1-2H3/t18-/m0/s1. The van der Waals surface area contributed by atoms with Gasteiger partial charge in [0.15, 0.2) is 0 Å². The van der Waals surface area contributed by atoms with Crippen LogP contribution in [0.15, 0.2) is 68.7 Å². The summed E-state index contributed by atoms with van der Waals surface area (Å²) >= 11 is 1.75. The second-order valence-electron chi connectivity index (χ2n) is 5.74. The summed E-state index contributed by atoms with van der Waals surface area (Å²) in [6, 6.07) is 17.6. The van der Waals surface area contributed by atoms with Gasteiger partial charge in [0, 0.05) is 4.90 Å². The molecule has 0 aliphatic heterocycles. The van der Waals surface area contributed by atoms with Gasteiger partial charge in [-0.2, -0.15) is 4.68 Å². The lowest BCUT2D eigenvalue weighted by Gasteiger charge is -2.12. The van der Waals surface area contributed by atoms with E-state index in [0.717, 1.165) is 16.2 Å². The topological polar surface area (TPSA) is 57.3 Å². The molecule has 26 heavy (non-hydrogen) atoms. The Balaban J connectivity index is 1.76. The molecule has 136 valence electrons. The molecule has 0 bridgehead atoms. The third kappa shape index (κ3) is 4.45. The smallest absolute Gasteiger partial charge is 0.389 e. The number of thioether (sulfide) groups is 1. The lowest BCUT2D eigenvalue weighted by Crippen LogP contribution is -2.13. The molecule has 3 rings (SSSR count). The summed E-state index contributed by atoms with van der Waals surface area (Å²) in [5, 5.41) is 4.34. The highest BCUT2D eigenvalue weighted by molar-refractivity contribution is 7.99. The van der Waals surface area contributed by atoms with Crippen LogP contribution >= 0.6 is 11.8 Å². The average Bonchev–Trinajstić information content (AvgIpc) is 3.05. The molecule has 0 unspecified atom stereocenters. The highest BCUT2D eigenvalue weighted by Crippen LogP contribution is 2.22. The molecule has 0 aliphatic rings. The van der Waals surface area contributed by atoms with E-state index in [-0.39, 0.29) is 6.10 Å². The van der Waals surface area contributed by atoms with Gasteiger partial charge in [-0.15, -0.1) is 16.9 Å². The zero-order valence-electron chi connectivity index (χ0n) is 14.9. The summed E-state index contributed by atoms with van der Waals surface area (Å²) in [6.07, 6.45) is 0.304. The molecule has 0 radical (unpaired) electrons. The molecule has 6 heteroatoms. The van der Waals surface area contributed by atoms with Crippen molar-refractivity contribution in [3.63, 3.8) is 0 Å². The fourth-order valence-corrected chi connectivity index (χ4v) is 3.23. The van der Waals surface area contributed by atoms with Crippen LogP contribution in [-0.4, -0.2) is 15.5 Å². The maximum atomic E-state index is 12.2. The molecule has 5 nitrogen and oxygen atoms in total. The zero-order chi connectivity index (χ0) is 18.4. The van der Waals surface area contributed by atoms with Crippen LogP contribution in [0.1, 0.15) is 37.8 Å². The number of hydrogen-bond acceptors (Lipinski definition) is 5. The highest BCUT2D eigenvalue weighted by Gasteiger charge is 2.19. The van der Waals surface area contributed by atoms with Gasteiger partial charge in [0.05, 0.1) is 12.3 Å². The van der Waals surface area contributed by atoms with Crippen molar-refractivity contribution in [2.75, 3.05) is 5.75 Å². The second kappa shape index (κ2) is 8.87. The monoisotopic (exact) mass is 370 g/mol. The minimum absolute atomic E-state index is 0.306. The van der Waals surface area contributed by atoms with Gasteiger partial charge < -0.3 is 9.15 Å². The summed E-state index contributed by atoms with van der Waals surface area (Å²) in [5.41, 5.74) is 1.75. The van der Waals surface area contributed by atoms with Crippen molar-refractivity contribution in [1.29, 1.82) is 0 Å². The fourth-order valence-electron chi connectivity index (χ4n) is 2.57. The largest absolute Gasteiger partial charge is 0.442 e. The molecule has 1 aromatic heterocycles. The number of rotatable bonds is 8. The maximum absolute atomic E-state index is 12.2. The van der Waals surface area contributed by atoms with Gasteiger partial charge in [0.1, 0.15) is 6.10 Å². The van der Waals surface area contributed by atoms with E-state index in [1.165, 1.54) is 4.68 Å². The van der Waals surface area contributed by atoms with Crippen LogP contribution in [0, 0.1) is 0 Å². The summed E-state index contributed by atoms with van der Waals surface area (Å²) in [5.74, 6) is 0.808. The summed E-state index contributed by atoms with van der Waals surface area (Å²) in [7, 11) is 0. The first-order valence-electron chi connectivity index (χ1n) is 8.70. The number of hydrogen-bond donors (Lipinski definition) is 0. The van der Waals surface area contributed by atoms with E-state index in [1.54, 1.807) is 11.8 Å². The Morgan fingerprint density at radius 2 is 1.85 bits per heavy atom. The molecule has 1 atom stereocenters. The van der Waals surface area contributed by atoms with Crippen molar-refractivity contribution < 1.29 is 9.15 Å². The minimum atomic E-state index is -0.502. The Labute approximate surface area is 157 Å². The van der Waals surface area contributed by atoms with Gasteiger partial charge in [-0.05, 0) is 42.0 Å². The van der Waals surface area contributed by atoms with Crippen LogP contribution in [-0.2, 0) is 11.3 Å². The van der Waals surface area contributed by atoms with Crippen LogP contribution < -0.4 is 5.76 Å². The third-order valence-corrected chi connectivity index (χ3v) is 4.79. The predicted molar refractivity (Wildman–Crippen MR) is 103 cm³/mol. The van der Waals surface area contributed by atoms with Crippen molar-refractivity contribution in [3.05, 3.63) is 76.6 Å². The molecule has 0 N–H and O–H groups in total. The molecular weight excluding hydrogens is 348 g/mol. The lowest BCUT2D eigenvalue weighted by atomic mass is 10.2. The molecule has 0 amide bonds. The minimum Gasteiger partial charge on any atom is -0.389 e. The number of ether oxygens (including phenoxy) is 1. The SMILES string of the molecule is CCSc1ccc(-n2nc([C@H](CC)OCc3ccccc3)oc2=O)cc1. The van der Waals surface area contributed by atoms with Crippen molar-refractivity contribution in [1.82, 2.24) is 9.78 Å². The third-order valence-electron chi connectivity index (χ3n) is 3.90. The van der Waals surface area contributed by atoms with Gasteiger partial charge in [-0.1, -0.05) is 44.2 Å². The first-order chi connectivity index (χ1) is 12.7. The molecule has 0 spiro atoms. The van der Waals surface area contributed by atoms with Crippen LogP contribution in [0.4, 0.5) is 0 Å². The maximum Gasteiger partial charge on any atom is 0.442 e. The molecule has 0 aliphatic carbocycles. The lowest BCUT2D eigenvalue weighted by molar-refractivity contribution is 0.0185. The van der Waals surface area contributed by atoms with E-state index in [0.29, 0.717) is 24.6 Å². The normalized spacial score (nSPS) is 12.2. The molecule has 0 saturated heterocycles. The summed E-state index contributed by atoms with van der Waals surface area (Å²) in [6.45, 7) is 4.53. The van der Waals surface area contributed by atoms with E-state index in [1.807, 2.05) is 61.5 Å². The molecule has 0 saturated carbocycles. The zero-order valence-corrected chi connectivity index (χ0v) is 15.7. The average molecular weight is 370 g/mol. The highest BCUT2D eigenvalue weighted by atomic mass is 32.2. The fraction of sp³-hybridized carbons (Fsp3) is 0.300. The van der Waals surface area contributed by atoms with Crippen LogP contribution in [0.2, 0.25) is 0 Å². The number of benzene rings is 2. The van der Waals surface area contributed by atoms with E-state index in [2.05, 4.69) is 12.0 Å². The number of nitrogens with zero attached hydrogens (tertiary/aromatic N) is 2. The Bertz CT molecular complexity index is 872. The molecule has 1 heterocycles. The van der Waals surface area contributed by atoms with Gasteiger partial charge in [-0.3, -0.25) is 0 Å². The van der Waals surface area contributed by atoms with E-state index < -0.39 is 5.76 Å². The summed E-state index contributed by atoms with van der Waals surface area (Å²) < 4.78 is 12.5. The Hall–Kier alpha value is -2.31. The first kappa shape index (κ1) is 18.5. The number of aromatic nitrogens is 2. The Kier molecular flexibility index (Phi) is 6.30. The predicted octanol–water partition coefficient (Wildman–Crippen LogP) is 4.61. The van der Waals surface area contributed by atoms with Gasteiger partial charge in [0.2, 0.25) is 5.89 Å². The van der Waals surface area contributed by atoms with E-state index in [9.17, 15) is 4.79 Å². The van der Waals surface area contributed by atoms with Gasteiger partial charge in [-0.25, -0.2) is 4.79 Å². The molecule has 2 aromatic carbocycles. The van der Waals surface area contributed by atoms with Crippen LogP contribution in [0.3, 0.4) is 0 Å². The molecule has 0 fully saturated rings. The van der Waals surface area contributed by atoms with Crippen LogP contribution in [0.25, 0.3) is 5.69 Å². The van der Waals surface area contributed by atoms with Gasteiger partial charge >= 0.3 is 5.76 Å². The van der Waals surface area contributed by atoms with E-state index in [4.69, 9.17) is 9.15 Å². The second-order valence-corrected chi connectivity index (χ2v) is 7.08. The Morgan fingerprint density at radius 3 is 2.50 bits per heavy atom. The van der Waals surface area contributed by atoms with Crippen molar-refractivity contribution in [2.45, 2.75) is 37.9 Å². The van der Waals surface area contributed by atoms with Crippen LogP contribution in [0.5, 0.6) is 0 Å². The molecule has 3 aromatic rings. The van der Waals surface area contributed by atoms with Crippen molar-refractivity contribution in [2.24, 2.45) is 0 Å². The quantitative estimate of drug-likeness (QED) is 0.542.